The standard InChI is InChI=1S/C13H11N3O4/c17-12-8-10(16(19)20)4-5-11(12)15-13(18)7-9-3-1-2-6-14-9/h1-6,8,17H,7H2,(H,15,18). The van der Waals surface area contributed by atoms with E-state index in [2.05, 4.69) is 10.3 Å². The molecule has 7 heteroatoms. The number of anilines is 1. The number of nitro groups is 1. The van der Waals surface area contributed by atoms with E-state index in [0.717, 1.165) is 6.07 Å². The normalized spacial score (nSPS) is 10.0. The lowest BCUT2D eigenvalue weighted by atomic mass is 10.2. The van der Waals surface area contributed by atoms with Crippen molar-refractivity contribution >= 4 is 17.3 Å². The van der Waals surface area contributed by atoms with Crippen LogP contribution in [0.2, 0.25) is 0 Å². The molecule has 7 nitrogen and oxygen atoms in total. The molecule has 0 radical (unpaired) electrons. The van der Waals surface area contributed by atoms with E-state index < -0.39 is 4.92 Å². The van der Waals surface area contributed by atoms with Crippen LogP contribution in [-0.4, -0.2) is 20.9 Å². The Kier molecular flexibility index (Phi) is 3.90. The summed E-state index contributed by atoms with van der Waals surface area (Å²) in [7, 11) is 0. The van der Waals surface area contributed by atoms with E-state index in [4.69, 9.17) is 0 Å². The fourth-order valence-electron chi connectivity index (χ4n) is 1.60. The SMILES string of the molecule is O=C(Cc1ccccn1)Nc1ccc([N+](=O)[O-])cc1O. The van der Waals surface area contributed by atoms with Crippen molar-refractivity contribution in [2.24, 2.45) is 0 Å². The van der Waals surface area contributed by atoms with Gasteiger partial charge in [0.15, 0.2) is 0 Å². The number of nitro benzene ring substituents is 1. The van der Waals surface area contributed by atoms with E-state index in [1.807, 2.05) is 0 Å². The number of aromatic hydroxyl groups is 1. The third-order valence-corrected chi connectivity index (χ3v) is 2.53. The maximum Gasteiger partial charge on any atom is 0.273 e. The first-order valence-corrected chi connectivity index (χ1v) is 5.73. The Bertz CT molecular complexity index is 643. The number of hydrogen-bond acceptors (Lipinski definition) is 5. The van der Waals surface area contributed by atoms with Gasteiger partial charge in [-0.25, -0.2) is 0 Å². The lowest BCUT2D eigenvalue weighted by Gasteiger charge is -2.06. The van der Waals surface area contributed by atoms with Crippen molar-refractivity contribution in [3.63, 3.8) is 0 Å². The van der Waals surface area contributed by atoms with Crippen LogP contribution in [0.4, 0.5) is 11.4 Å². The van der Waals surface area contributed by atoms with Gasteiger partial charge < -0.3 is 10.4 Å². The van der Waals surface area contributed by atoms with Crippen molar-refractivity contribution < 1.29 is 14.8 Å². The lowest BCUT2D eigenvalue weighted by molar-refractivity contribution is -0.384. The quantitative estimate of drug-likeness (QED) is 0.502. The molecule has 1 aromatic carbocycles. The average molecular weight is 273 g/mol. The third kappa shape index (κ3) is 3.29. The number of carbonyl (C=O) groups excluding carboxylic acids is 1. The summed E-state index contributed by atoms with van der Waals surface area (Å²) in [5.74, 6) is -0.721. The number of phenols is 1. The Labute approximate surface area is 114 Å². The van der Waals surface area contributed by atoms with Gasteiger partial charge in [0.2, 0.25) is 5.91 Å². The maximum atomic E-state index is 11.8. The largest absolute Gasteiger partial charge is 0.506 e. The predicted octanol–water partition coefficient (Wildman–Crippen LogP) is 1.88. The minimum atomic E-state index is -0.626. The zero-order valence-electron chi connectivity index (χ0n) is 10.3. The molecule has 1 aromatic heterocycles. The molecule has 0 aliphatic heterocycles. The van der Waals surface area contributed by atoms with Crippen molar-refractivity contribution in [1.82, 2.24) is 4.98 Å². The summed E-state index contributed by atoms with van der Waals surface area (Å²) in [6.45, 7) is 0. The van der Waals surface area contributed by atoms with Crippen LogP contribution in [-0.2, 0) is 11.2 Å². The van der Waals surface area contributed by atoms with Crippen LogP contribution in [0.15, 0.2) is 42.6 Å². The first-order chi connectivity index (χ1) is 9.56. The molecule has 0 atom stereocenters. The molecule has 20 heavy (non-hydrogen) atoms. The molecular formula is C13H11N3O4. The van der Waals surface area contributed by atoms with Crippen LogP contribution < -0.4 is 5.32 Å². The summed E-state index contributed by atoms with van der Waals surface area (Å²) in [5, 5.41) is 22.6. The second kappa shape index (κ2) is 5.79. The summed E-state index contributed by atoms with van der Waals surface area (Å²) in [5.41, 5.74) is 0.466. The zero-order chi connectivity index (χ0) is 14.5. The number of nitrogens with one attached hydrogen (secondary N) is 1. The van der Waals surface area contributed by atoms with Gasteiger partial charge in [-0.15, -0.1) is 0 Å². The fraction of sp³-hybridized carbons (Fsp3) is 0.0769. The van der Waals surface area contributed by atoms with Gasteiger partial charge in [-0.2, -0.15) is 0 Å². The third-order valence-electron chi connectivity index (χ3n) is 2.53. The second-order valence-corrected chi connectivity index (χ2v) is 4.00. The van der Waals surface area contributed by atoms with Crippen LogP contribution in [0, 0.1) is 10.1 Å². The molecule has 1 heterocycles. The molecule has 2 aromatic rings. The Balaban J connectivity index is 2.06. The highest BCUT2D eigenvalue weighted by Crippen LogP contribution is 2.27. The van der Waals surface area contributed by atoms with Crippen LogP contribution in [0.5, 0.6) is 5.75 Å². The number of rotatable bonds is 4. The molecule has 1 amide bonds. The number of pyridine rings is 1. The van der Waals surface area contributed by atoms with Gasteiger partial charge in [0.25, 0.3) is 5.69 Å². The van der Waals surface area contributed by atoms with E-state index in [9.17, 15) is 20.0 Å². The number of phenolic OH excluding ortho intramolecular Hbond substituents is 1. The molecule has 0 unspecified atom stereocenters. The Morgan fingerprint density at radius 2 is 2.15 bits per heavy atom. The first kappa shape index (κ1) is 13.5. The summed E-state index contributed by atoms with van der Waals surface area (Å²) >= 11 is 0. The van der Waals surface area contributed by atoms with Crippen molar-refractivity contribution in [2.45, 2.75) is 6.42 Å². The van der Waals surface area contributed by atoms with Crippen molar-refractivity contribution in [3.05, 3.63) is 58.4 Å². The van der Waals surface area contributed by atoms with E-state index in [-0.39, 0.29) is 29.5 Å². The second-order valence-electron chi connectivity index (χ2n) is 4.00. The summed E-state index contributed by atoms with van der Waals surface area (Å²) in [6, 6.07) is 8.67. The zero-order valence-corrected chi connectivity index (χ0v) is 10.3. The lowest BCUT2D eigenvalue weighted by Crippen LogP contribution is -2.15. The Hall–Kier alpha value is -2.96. The molecular weight excluding hydrogens is 262 g/mol. The van der Waals surface area contributed by atoms with E-state index in [1.165, 1.54) is 12.1 Å². The molecule has 0 bridgehead atoms. The van der Waals surface area contributed by atoms with E-state index in [0.29, 0.717) is 5.69 Å². The predicted molar refractivity (Wildman–Crippen MR) is 71.3 cm³/mol. The molecule has 0 saturated heterocycles. The molecule has 0 spiro atoms. The highest BCUT2D eigenvalue weighted by Gasteiger charge is 2.12. The topological polar surface area (TPSA) is 105 Å². The number of nitrogens with zero attached hydrogens (tertiary/aromatic N) is 2. The fourth-order valence-corrected chi connectivity index (χ4v) is 1.60. The smallest absolute Gasteiger partial charge is 0.273 e. The number of carbonyl (C=O) groups is 1. The molecule has 2 N–H and O–H groups in total. The minimum absolute atomic E-state index is 0.0528. The van der Waals surface area contributed by atoms with Gasteiger partial charge in [0.05, 0.1) is 23.1 Å². The van der Waals surface area contributed by atoms with Crippen molar-refractivity contribution in [3.8, 4) is 5.75 Å². The van der Waals surface area contributed by atoms with Crippen LogP contribution in [0.1, 0.15) is 5.69 Å². The Morgan fingerprint density at radius 3 is 2.75 bits per heavy atom. The van der Waals surface area contributed by atoms with Crippen LogP contribution in [0.3, 0.4) is 0 Å². The van der Waals surface area contributed by atoms with E-state index >= 15 is 0 Å². The summed E-state index contributed by atoms with van der Waals surface area (Å²) in [6.07, 6.45) is 1.63. The number of aromatic nitrogens is 1. The van der Waals surface area contributed by atoms with Gasteiger partial charge in [0, 0.05) is 18.0 Å². The van der Waals surface area contributed by atoms with E-state index in [1.54, 1.807) is 24.4 Å². The number of non-ortho nitro benzene ring substituents is 1. The Morgan fingerprint density at radius 1 is 1.35 bits per heavy atom. The number of amides is 1. The minimum Gasteiger partial charge on any atom is -0.506 e. The summed E-state index contributed by atoms with van der Waals surface area (Å²) < 4.78 is 0. The first-order valence-electron chi connectivity index (χ1n) is 5.73. The van der Waals surface area contributed by atoms with Gasteiger partial charge in [-0.1, -0.05) is 6.07 Å². The molecule has 0 aliphatic carbocycles. The average Bonchev–Trinajstić information content (AvgIpc) is 2.42. The van der Waals surface area contributed by atoms with Gasteiger partial charge in [-0.3, -0.25) is 19.9 Å². The van der Waals surface area contributed by atoms with Gasteiger partial charge in [0.1, 0.15) is 5.75 Å². The molecule has 102 valence electrons. The van der Waals surface area contributed by atoms with Crippen molar-refractivity contribution in [2.75, 3.05) is 5.32 Å². The van der Waals surface area contributed by atoms with Crippen molar-refractivity contribution in [1.29, 1.82) is 0 Å². The van der Waals surface area contributed by atoms with Crippen LogP contribution in [0.25, 0.3) is 0 Å². The molecule has 0 fully saturated rings. The number of benzene rings is 1. The van der Waals surface area contributed by atoms with Crippen LogP contribution >= 0.6 is 0 Å². The maximum absolute atomic E-state index is 11.8. The molecule has 0 saturated carbocycles. The molecule has 0 aliphatic rings. The monoisotopic (exact) mass is 273 g/mol. The molecule has 2 rings (SSSR count). The highest BCUT2D eigenvalue weighted by atomic mass is 16.6. The van der Waals surface area contributed by atoms with Gasteiger partial charge >= 0.3 is 0 Å². The summed E-state index contributed by atoms with van der Waals surface area (Å²) in [4.78, 5) is 25.7. The van der Waals surface area contributed by atoms with Gasteiger partial charge in [-0.05, 0) is 18.2 Å². The number of hydrogen-bond donors (Lipinski definition) is 2. The highest BCUT2D eigenvalue weighted by molar-refractivity contribution is 5.93.